The highest BCUT2D eigenvalue weighted by atomic mass is 127. The molecule has 1 heterocycles. The third-order valence-electron chi connectivity index (χ3n) is 3.34. The van der Waals surface area contributed by atoms with Crippen molar-refractivity contribution in [2.24, 2.45) is 0 Å². The Bertz CT molecular complexity index is 914. The molecule has 2 rings (SSSR count). The van der Waals surface area contributed by atoms with Crippen LogP contribution in [0.1, 0.15) is 31.9 Å². The molecule has 23 heavy (non-hydrogen) atoms. The molecule has 5 nitrogen and oxygen atoms in total. The van der Waals surface area contributed by atoms with Gasteiger partial charge in [0.15, 0.2) is 0 Å². The number of benzene rings is 1. The van der Waals surface area contributed by atoms with Crippen LogP contribution in [-0.2, 0) is 5.41 Å². The molecule has 2 aromatic rings. The first-order valence-electron chi connectivity index (χ1n) is 6.86. The third kappa shape index (κ3) is 3.85. The molecule has 122 valence electrons. The molecule has 1 N–H and O–H groups in total. The summed E-state index contributed by atoms with van der Waals surface area (Å²) in [6, 6.07) is 5.05. The summed E-state index contributed by atoms with van der Waals surface area (Å²) in [7, 11) is 3.03. The lowest BCUT2D eigenvalue weighted by molar-refractivity contribution is 0.396. The fourth-order valence-electron chi connectivity index (χ4n) is 2.27. The standard InChI is InChI=1S/C16H17IN2O3S/c1-16(2,3)12-8-11(7-10(9-23-17)14(12)22-4)19-6-5-13(20)18-15(19)21/h5-8H,1-4H3,(H,18,20,21). The predicted molar refractivity (Wildman–Crippen MR) is 103 cm³/mol. The molecule has 0 fully saturated rings. The molecule has 0 amide bonds. The number of methoxy groups -OCH3 is 1. The maximum absolute atomic E-state index is 12.1. The summed E-state index contributed by atoms with van der Waals surface area (Å²) in [6.45, 7) is 6.22. The minimum Gasteiger partial charge on any atom is -0.495 e. The summed E-state index contributed by atoms with van der Waals surface area (Å²) in [4.78, 5) is 25.6. The van der Waals surface area contributed by atoms with Crippen LogP contribution in [0.25, 0.3) is 5.69 Å². The molecule has 0 unspecified atom stereocenters. The first-order valence-corrected chi connectivity index (χ1v) is 10.2. The van der Waals surface area contributed by atoms with Crippen molar-refractivity contribution in [3.05, 3.63) is 56.4 Å². The van der Waals surface area contributed by atoms with Crippen LogP contribution >= 0.6 is 29.5 Å². The maximum atomic E-state index is 12.1. The van der Waals surface area contributed by atoms with Gasteiger partial charge < -0.3 is 4.74 Å². The number of aromatic nitrogens is 2. The second kappa shape index (κ2) is 6.90. The van der Waals surface area contributed by atoms with Crippen LogP contribution in [0, 0.1) is 5.18 Å². The van der Waals surface area contributed by atoms with Gasteiger partial charge in [0.25, 0.3) is 5.56 Å². The van der Waals surface area contributed by atoms with Crippen LogP contribution in [0.2, 0.25) is 0 Å². The van der Waals surface area contributed by atoms with E-state index in [2.05, 4.69) is 52.1 Å². The number of halogens is 1. The van der Waals surface area contributed by atoms with Crippen LogP contribution in [0.4, 0.5) is 0 Å². The summed E-state index contributed by atoms with van der Waals surface area (Å²) in [5, 5.41) is 3.17. The summed E-state index contributed by atoms with van der Waals surface area (Å²) < 4.78 is 6.97. The van der Waals surface area contributed by atoms with Gasteiger partial charge in [-0.2, -0.15) is 0 Å². The predicted octanol–water partition coefficient (Wildman–Crippen LogP) is 3.22. The molecule has 7 heteroatoms. The maximum Gasteiger partial charge on any atom is 0.332 e. The van der Waals surface area contributed by atoms with Crippen LogP contribution < -0.4 is 16.0 Å². The average molecular weight is 444 g/mol. The van der Waals surface area contributed by atoms with E-state index >= 15 is 0 Å². The summed E-state index contributed by atoms with van der Waals surface area (Å²) in [6.07, 6.45) is 1.47. The van der Waals surface area contributed by atoms with E-state index in [4.69, 9.17) is 4.74 Å². The van der Waals surface area contributed by atoms with Crippen molar-refractivity contribution in [3.63, 3.8) is 0 Å². The quantitative estimate of drug-likeness (QED) is 0.724. The molecule has 0 saturated carbocycles. The molecule has 0 atom stereocenters. The smallest absolute Gasteiger partial charge is 0.332 e. The van der Waals surface area contributed by atoms with E-state index in [9.17, 15) is 9.59 Å². The van der Waals surface area contributed by atoms with E-state index < -0.39 is 11.2 Å². The number of hydrogen-bond donors (Lipinski definition) is 1. The van der Waals surface area contributed by atoms with Gasteiger partial charge in [-0.15, -0.1) is 0 Å². The van der Waals surface area contributed by atoms with Gasteiger partial charge in [0, 0.05) is 39.0 Å². The van der Waals surface area contributed by atoms with Crippen molar-refractivity contribution >= 4 is 29.5 Å². The van der Waals surface area contributed by atoms with Crippen molar-refractivity contribution in [2.45, 2.75) is 26.2 Å². The Morgan fingerprint density at radius 1 is 1.30 bits per heavy atom. The number of ether oxygens (including phenoxy) is 1. The summed E-state index contributed by atoms with van der Waals surface area (Å²) in [5.74, 6) is 0.739. The highest BCUT2D eigenvalue weighted by Gasteiger charge is 2.22. The third-order valence-corrected chi connectivity index (χ3v) is 4.29. The Balaban J connectivity index is 2.84. The molecule has 0 spiro atoms. The van der Waals surface area contributed by atoms with Crippen molar-refractivity contribution < 1.29 is 4.74 Å². The largest absolute Gasteiger partial charge is 0.495 e. The average Bonchev–Trinajstić information content (AvgIpc) is 2.46. The summed E-state index contributed by atoms with van der Waals surface area (Å²) >= 11 is 2.13. The van der Waals surface area contributed by atoms with Gasteiger partial charge in [-0.1, -0.05) is 29.1 Å². The van der Waals surface area contributed by atoms with Gasteiger partial charge in [0.1, 0.15) is 5.75 Å². The van der Waals surface area contributed by atoms with E-state index in [1.54, 1.807) is 7.11 Å². The van der Waals surface area contributed by atoms with Crippen LogP contribution in [-0.4, -0.2) is 16.7 Å². The van der Waals surface area contributed by atoms with Gasteiger partial charge in [0.2, 0.25) is 0 Å². The van der Waals surface area contributed by atoms with Gasteiger partial charge in [-0.05, 0) is 22.7 Å². The topological polar surface area (TPSA) is 64.1 Å². The Hall–Kier alpha value is -1.57. The highest BCUT2D eigenvalue weighted by Crippen LogP contribution is 2.36. The van der Waals surface area contributed by atoms with Crippen molar-refractivity contribution in [3.8, 4) is 16.6 Å². The zero-order valence-electron chi connectivity index (χ0n) is 13.3. The number of aromatic amines is 1. The fraction of sp³-hybridized carbons (Fsp3) is 0.312. The second-order valence-corrected chi connectivity index (χ2v) is 7.66. The minimum atomic E-state index is -0.476. The van der Waals surface area contributed by atoms with Gasteiger partial charge in [-0.25, -0.2) is 4.79 Å². The SMILES string of the molecule is COc1c(C#SI)cc(-n2ccc(=O)[nH]c2=O)cc1C(C)(C)C. The van der Waals surface area contributed by atoms with Gasteiger partial charge >= 0.3 is 5.69 Å². The molecule has 1 aromatic heterocycles. The molecule has 1 aromatic carbocycles. The number of H-pyrrole nitrogens is 1. The lowest BCUT2D eigenvalue weighted by Gasteiger charge is -2.24. The van der Waals surface area contributed by atoms with Crippen LogP contribution in [0.5, 0.6) is 5.75 Å². The number of nitrogens with zero attached hydrogens (tertiary/aromatic N) is 1. The number of nitrogens with one attached hydrogen (secondary N) is 1. The molecular weight excluding hydrogens is 427 g/mol. The van der Waals surface area contributed by atoms with E-state index in [1.807, 2.05) is 12.1 Å². The molecule has 0 saturated heterocycles. The van der Waals surface area contributed by atoms with Gasteiger partial charge in [-0.3, -0.25) is 14.3 Å². The number of rotatable bonds is 2. The van der Waals surface area contributed by atoms with Crippen molar-refractivity contribution in [1.29, 1.82) is 0 Å². The van der Waals surface area contributed by atoms with E-state index in [0.29, 0.717) is 5.69 Å². The van der Waals surface area contributed by atoms with Crippen molar-refractivity contribution in [2.75, 3.05) is 7.11 Å². The van der Waals surface area contributed by atoms with Crippen LogP contribution in [0.15, 0.2) is 34.0 Å². The molecule has 0 bridgehead atoms. The zero-order chi connectivity index (χ0) is 17.2. The van der Waals surface area contributed by atoms with Gasteiger partial charge in [0.05, 0.1) is 18.4 Å². The minimum absolute atomic E-state index is 0.181. The Labute approximate surface area is 149 Å². The Kier molecular flexibility index (Phi) is 5.33. The second-order valence-electron chi connectivity index (χ2n) is 5.98. The molecule has 0 aliphatic heterocycles. The van der Waals surface area contributed by atoms with E-state index in [0.717, 1.165) is 16.9 Å². The van der Waals surface area contributed by atoms with Crippen molar-refractivity contribution in [1.82, 2.24) is 9.55 Å². The first kappa shape index (κ1) is 17.8. The fourth-order valence-corrected chi connectivity index (χ4v) is 3.21. The van der Waals surface area contributed by atoms with E-state index in [1.165, 1.54) is 25.2 Å². The molecule has 0 aliphatic rings. The zero-order valence-corrected chi connectivity index (χ0v) is 16.2. The number of hydrogen-bond acceptors (Lipinski definition) is 3. The summed E-state index contributed by atoms with van der Waals surface area (Å²) in [5.41, 5.74) is 1.31. The Morgan fingerprint density at radius 3 is 2.52 bits per heavy atom. The highest BCUT2D eigenvalue weighted by molar-refractivity contribution is 14.2. The van der Waals surface area contributed by atoms with Crippen LogP contribution in [0.3, 0.4) is 0 Å². The monoisotopic (exact) mass is 444 g/mol. The molecule has 0 aliphatic carbocycles. The molecular formula is C16H17IN2O3S. The Morgan fingerprint density at radius 2 is 2.00 bits per heavy atom. The lowest BCUT2D eigenvalue weighted by Crippen LogP contribution is -2.28. The van der Waals surface area contributed by atoms with E-state index in [-0.39, 0.29) is 5.41 Å². The molecule has 0 radical (unpaired) electrons. The lowest BCUT2D eigenvalue weighted by atomic mass is 9.85. The normalized spacial score (nSPS) is 11.0. The first-order chi connectivity index (χ1) is 10.8.